The number of aliphatic hydroxyl groups is 1. The van der Waals surface area contributed by atoms with Crippen molar-refractivity contribution in [2.45, 2.75) is 86.2 Å². The number of ether oxygens (including phenoxy) is 1. The zero-order valence-corrected chi connectivity index (χ0v) is 19.3. The maximum atomic E-state index is 11.3. The van der Waals surface area contributed by atoms with E-state index in [0.717, 1.165) is 12.8 Å². The summed E-state index contributed by atoms with van der Waals surface area (Å²) < 4.78 is 5.37. The van der Waals surface area contributed by atoms with Gasteiger partial charge in [0.15, 0.2) is 0 Å². The van der Waals surface area contributed by atoms with Crippen molar-refractivity contribution in [3.8, 4) is 0 Å². The van der Waals surface area contributed by atoms with Crippen LogP contribution in [-0.4, -0.2) is 23.8 Å². The molecule has 4 aliphatic carbocycles. The molecule has 0 aromatic rings. The topological polar surface area (TPSA) is 46.5 Å². The van der Waals surface area contributed by atoms with E-state index in [-0.39, 0.29) is 28.3 Å². The molecule has 2 saturated carbocycles. The van der Waals surface area contributed by atoms with E-state index in [9.17, 15) is 9.90 Å². The van der Waals surface area contributed by atoms with Crippen LogP contribution in [0.25, 0.3) is 0 Å². The summed E-state index contributed by atoms with van der Waals surface area (Å²) in [6, 6.07) is 0. The zero-order valence-electron chi connectivity index (χ0n) is 19.3. The minimum absolute atomic E-state index is 0.0583. The van der Waals surface area contributed by atoms with Crippen molar-refractivity contribution in [2.24, 2.45) is 39.9 Å². The molecule has 0 radical (unpaired) electrons. The predicted molar refractivity (Wildman–Crippen MR) is 116 cm³/mol. The van der Waals surface area contributed by atoms with E-state index in [0.29, 0.717) is 30.3 Å². The van der Waals surface area contributed by atoms with Crippen LogP contribution in [0.2, 0.25) is 0 Å². The van der Waals surface area contributed by atoms with Gasteiger partial charge in [-0.05, 0) is 84.0 Å². The monoisotopic (exact) mass is 400 g/mol. The van der Waals surface area contributed by atoms with E-state index in [2.05, 4.69) is 46.8 Å². The summed E-state index contributed by atoms with van der Waals surface area (Å²) >= 11 is 0. The van der Waals surface area contributed by atoms with Gasteiger partial charge in [0.25, 0.3) is 0 Å². The average Bonchev–Trinajstić information content (AvgIpc) is 3.00. The Balaban J connectivity index is 1.68. The van der Waals surface area contributed by atoms with E-state index in [4.69, 9.17) is 4.74 Å². The van der Waals surface area contributed by atoms with E-state index < -0.39 is 0 Å². The van der Waals surface area contributed by atoms with Crippen LogP contribution in [0.4, 0.5) is 0 Å². The van der Waals surface area contributed by atoms with Crippen LogP contribution in [0.5, 0.6) is 0 Å². The van der Waals surface area contributed by atoms with Gasteiger partial charge in [-0.1, -0.05) is 52.3 Å². The van der Waals surface area contributed by atoms with E-state index in [1.54, 1.807) is 11.1 Å². The quantitative estimate of drug-likeness (QED) is 0.620. The molecule has 3 heteroatoms. The largest absolute Gasteiger partial charge is 0.466 e. The molecule has 0 amide bonds. The fraction of sp³-hybridized carbons (Fsp3) is 0.808. The first kappa shape index (κ1) is 21.2. The number of carbonyl (C=O) groups is 1. The second-order valence-corrected chi connectivity index (χ2v) is 11.6. The highest BCUT2D eigenvalue weighted by Crippen LogP contribution is 2.66. The Hall–Kier alpha value is -1.09. The zero-order chi connectivity index (χ0) is 21.2. The average molecular weight is 401 g/mol. The molecule has 0 unspecified atom stereocenters. The molecule has 162 valence electrons. The summed E-state index contributed by atoms with van der Waals surface area (Å²) in [4.78, 5) is 11.3. The lowest BCUT2D eigenvalue weighted by molar-refractivity contribution is -0.143. The maximum absolute atomic E-state index is 11.3. The second-order valence-electron chi connectivity index (χ2n) is 11.6. The summed E-state index contributed by atoms with van der Waals surface area (Å²) in [7, 11) is 0. The molecule has 4 aliphatic rings. The highest BCUT2D eigenvalue weighted by molar-refractivity contribution is 5.65. The normalized spacial score (nSPS) is 44.0. The van der Waals surface area contributed by atoms with E-state index >= 15 is 0 Å². The first-order valence-corrected chi connectivity index (χ1v) is 11.7. The number of rotatable bonds is 3. The van der Waals surface area contributed by atoms with Crippen molar-refractivity contribution in [3.63, 3.8) is 0 Å². The molecule has 4 rings (SSSR count). The lowest BCUT2D eigenvalue weighted by atomic mass is 9.46. The molecule has 2 fully saturated rings. The maximum Gasteiger partial charge on any atom is 0.302 e. The molecular weight excluding hydrogens is 360 g/mol. The van der Waals surface area contributed by atoms with Crippen molar-refractivity contribution < 1.29 is 14.6 Å². The number of fused-ring (bicyclic) bond motifs is 4. The van der Waals surface area contributed by atoms with Gasteiger partial charge in [0.1, 0.15) is 0 Å². The van der Waals surface area contributed by atoms with Gasteiger partial charge in [-0.2, -0.15) is 0 Å². The minimum atomic E-state index is -0.203. The third-order valence-electron chi connectivity index (χ3n) is 9.72. The smallest absolute Gasteiger partial charge is 0.302 e. The van der Waals surface area contributed by atoms with Crippen LogP contribution in [-0.2, 0) is 9.53 Å². The van der Waals surface area contributed by atoms with Gasteiger partial charge in [0.2, 0.25) is 0 Å². The van der Waals surface area contributed by atoms with Crippen LogP contribution < -0.4 is 0 Å². The third-order valence-corrected chi connectivity index (χ3v) is 9.72. The van der Waals surface area contributed by atoms with Gasteiger partial charge < -0.3 is 9.84 Å². The Kier molecular flexibility index (Phi) is 5.08. The van der Waals surface area contributed by atoms with Crippen molar-refractivity contribution in [1.82, 2.24) is 0 Å². The van der Waals surface area contributed by atoms with Crippen molar-refractivity contribution in [1.29, 1.82) is 0 Å². The molecule has 1 N–H and O–H groups in total. The summed E-state index contributed by atoms with van der Waals surface area (Å²) in [5.74, 6) is 1.89. The lowest BCUT2D eigenvalue weighted by Gasteiger charge is -2.59. The Morgan fingerprint density at radius 3 is 2.62 bits per heavy atom. The Labute approximate surface area is 177 Å². The minimum Gasteiger partial charge on any atom is -0.466 e. The standard InChI is InChI=1S/C26H40O3/c1-16(15-29-17(2)27)19-8-9-20-18-7-10-22-24(3,4)23(28)12-14-26(22,6)21(18)11-13-25(19,20)5/h7,10,16,19,21-23,28H,8-9,11-15H2,1-6H3/t16-,19-,21+,22+,23+,25-,26-/m1/s1. The van der Waals surface area contributed by atoms with Crippen LogP contribution >= 0.6 is 0 Å². The molecule has 29 heavy (non-hydrogen) atoms. The SMILES string of the molecule is CC(=O)OC[C@@H](C)[C@H]1CCC2=C3C=C[C@H]4C(C)(C)[C@@H](O)CC[C@]4(C)[C@H]3CC[C@@]21C. The number of hydrogen-bond donors (Lipinski definition) is 1. The van der Waals surface area contributed by atoms with E-state index in [1.807, 2.05) is 0 Å². The van der Waals surface area contributed by atoms with Crippen LogP contribution in [0, 0.1) is 39.9 Å². The molecule has 0 aromatic carbocycles. The van der Waals surface area contributed by atoms with Gasteiger partial charge >= 0.3 is 5.97 Å². The van der Waals surface area contributed by atoms with Gasteiger partial charge in [-0.3, -0.25) is 4.79 Å². The summed E-state index contributed by atoms with van der Waals surface area (Å²) in [6.07, 6.45) is 11.6. The van der Waals surface area contributed by atoms with Crippen LogP contribution in [0.15, 0.2) is 23.3 Å². The molecule has 0 bridgehead atoms. The molecule has 0 aromatic heterocycles. The number of allylic oxidation sites excluding steroid dienone is 4. The number of carbonyl (C=O) groups excluding carboxylic acids is 1. The lowest BCUT2D eigenvalue weighted by Crippen LogP contribution is -2.54. The number of aliphatic hydroxyl groups excluding tert-OH is 1. The van der Waals surface area contributed by atoms with Crippen LogP contribution in [0.3, 0.4) is 0 Å². The van der Waals surface area contributed by atoms with Gasteiger partial charge in [-0.15, -0.1) is 0 Å². The second kappa shape index (κ2) is 6.97. The Morgan fingerprint density at radius 2 is 1.93 bits per heavy atom. The van der Waals surface area contributed by atoms with Gasteiger partial charge in [0.05, 0.1) is 12.7 Å². The molecule has 0 aliphatic heterocycles. The molecule has 3 nitrogen and oxygen atoms in total. The van der Waals surface area contributed by atoms with Crippen molar-refractivity contribution in [3.05, 3.63) is 23.3 Å². The first-order valence-electron chi connectivity index (χ1n) is 11.7. The summed E-state index contributed by atoms with van der Waals surface area (Å²) in [6.45, 7) is 13.8. The summed E-state index contributed by atoms with van der Waals surface area (Å²) in [5, 5.41) is 10.7. The number of hydrogen-bond acceptors (Lipinski definition) is 3. The molecule has 0 heterocycles. The van der Waals surface area contributed by atoms with Crippen molar-refractivity contribution in [2.75, 3.05) is 6.61 Å². The fourth-order valence-electron chi connectivity index (χ4n) is 8.02. The van der Waals surface area contributed by atoms with Gasteiger partial charge in [0, 0.05) is 6.92 Å². The molecule has 7 atom stereocenters. The summed E-state index contributed by atoms with van der Waals surface area (Å²) in [5.41, 5.74) is 3.74. The Bertz CT molecular complexity index is 747. The highest BCUT2D eigenvalue weighted by Gasteiger charge is 2.58. The fourth-order valence-corrected chi connectivity index (χ4v) is 8.02. The van der Waals surface area contributed by atoms with E-state index in [1.165, 1.54) is 32.6 Å². The first-order chi connectivity index (χ1) is 13.5. The molecule has 0 saturated heterocycles. The molecular formula is C26H40O3. The Morgan fingerprint density at radius 1 is 1.21 bits per heavy atom. The third kappa shape index (κ3) is 3.06. The van der Waals surface area contributed by atoms with Crippen LogP contribution in [0.1, 0.15) is 80.1 Å². The van der Waals surface area contributed by atoms with Crippen molar-refractivity contribution >= 4 is 5.97 Å². The highest BCUT2D eigenvalue weighted by atomic mass is 16.5. The number of esters is 1. The predicted octanol–water partition coefficient (Wildman–Crippen LogP) is 5.68. The van der Waals surface area contributed by atoms with Gasteiger partial charge in [-0.25, -0.2) is 0 Å². The molecule has 0 spiro atoms.